The first kappa shape index (κ1) is 17.8. The van der Waals surface area contributed by atoms with Crippen molar-refractivity contribution in [1.82, 2.24) is 19.5 Å². The fourth-order valence-electron chi connectivity index (χ4n) is 3.39. The molecular weight excluding hydrogens is 346 g/mol. The van der Waals surface area contributed by atoms with E-state index >= 15 is 0 Å². The summed E-state index contributed by atoms with van der Waals surface area (Å²) in [6.45, 7) is 2.65. The Bertz CT molecular complexity index is 901. The average Bonchev–Trinajstić information content (AvgIpc) is 3.30. The van der Waals surface area contributed by atoms with E-state index in [-0.39, 0.29) is 6.61 Å². The summed E-state index contributed by atoms with van der Waals surface area (Å²) >= 11 is 0. The minimum atomic E-state index is -0.705. The molecule has 4 rings (SSSR count). The Morgan fingerprint density at radius 2 is 2.07 bits per heavy atom. The van der Waals surface area contributed by atoms with Crippen LogP contribution in [0.1, 0.15) is 31.1 Å². The van der Waals surface area contributed by atoms with Crippen LogP contribution in [0, 0.1) is 0 Å². The number of imidazole rings is 1. The molecule has 1 fully saturated rings. The first-order chi connectivity index (χ1) is 13.2. The van der Waals surface area contributed by atoms with Gasteiger partial charge in [0.05, 0.1) is 19.0 Å². The topological polar surface area (TPSA) is 105 Å². The predicted molar refractivity (Wildman–Crippen MR) is 100 cm³/mol. The highest BCUT2D eigenvalue weighted by Crippen LogP contribution is 2.31. The summed E-state index contributed by atoms with van der Waals surface area (Å²) in [6, 6.07) is 10.3. The smallest absolute Gasteiger partial charge is 0.167 e. The first-order valence-electron chi connectivity index (χ1n) is 9.08. The van der Waals surface area contributed by atoms with E-state index in [1.54, 1.807) is 10.9 Å². The van der Waals surface area contributed by atoms with Crippen LogP contribution in [0.2, 0.25) is 0 Å². The van der Waals surface area contributed by atoms with Crippen molar-refractivity contribution in [3.63, 3.8) is 0 Å². The maximum Gasteiger partial charge on any atom is 0.167 e. The molecule has 8 heteroatoms. The molecule has 1 aromatic carbocycles. The third kappa shape index (κ3) is 3.51. The highest BCUT2D eigenvalue weighted by atomic mass is 16.5. The zero-order chi connectivity index (χ0) is 18.8. The number of ether oxygens (including phenoxy) is 1. The van der Waals surface area contributed by atoms with Gasteiger partial charge in [-0.1, -0.05) is 37.3 Å². The zero-order valence-corrected chi connectivity index (χ0v) is 15.1. The van der Waals surface area contributed by atoms with Gasteiger partial charge < -0.3 is 20.3 Å². The quantitative estimate of drug-likeness (QED) is 0.607. The van der Waals surface area contributed by atoms with E-state index in [1.165, 1.54) is 11.9 Å². The summed E-state index contributed by atoms with van der Waals surface area (Å²) < 4.78 is 7.49. The number of nitrogens with one attached hydrogen (secondary N) is 1. The minimum absolute atomic E-state index is 0.219. The molecule has 1 aliphatic rings. The summed E-state index contributed by atoms with van der Waals surface area (Å²) in [5, 5.41) is 22.6. The van der Waals surface area contributed by atoms with Crippen LogP contribution in [0.5, 0.6) is 0 Å². The van der Waals surface area contributed by atoms with Crippen molar-refractivity contribution >= 4 is 17.0 Å². The zero-order valence-electron chi connectivity index (χ0n) is 15.1. The number of aliphatic hydroxyl groups excluding tert-OH is 2. The number of nitrogens with zero attached hydrogens (tertiary/aromatic N) is 4. The monoisotopic (exact) mass is 369 g/mol. The molecule has 0 bridgehead atoms. The number of hydrogen-bond donors (Lipinski definition) is 3. The maximum absolute atomic E-state index is 9.97. The third-order valence-electron chi connectivity index (χ3n) is 5.00. The van der Waals surface area contributed by atoms with Crippen molar-refractivity contribution in [1.29, 1.82) is 0 Å². The fourth-order valence-corrected chi connectivity index (χ4v) is 3.39. The van der Waals surface area contributed by atoms with Gasteiger partial charge in [0.2, 0.25) is 0 Å². The Kier molecular flexibility index (Phi) is 5.02. The second-order valence-corrected chi connectivity index (χ2v) is 6.85. The van der Waals surface area contributed by atoms with Gasteiger partial charge in [-0.3, -0.25) is 4.57 Å². The summed E-state index contributed by atoms with van der Waals surface area (Å²) in [7, 11) is 0. The summed E-state index contributed by atoms with van der Waals surface area (Å²) in [4.78, 5) is 13.1. The van der Waals surface area contributed by atoms with Gasteiger partial charge in [0, 0.05) is 13.0 Å². The number of aliphatic hydroxyl groups is 2. The Morgan fingerprint density at radius 1 is 1.26 bits per heavy atom. The van der Waals surface area contributed by atoms with Gasteiger partial charge in [-0.15, -0.1) is 0 Å². The molecule has 0 spiro atoms. The van der Waals surface area contributed by atoms with E-state index in [0.29, 0.717) is 35.9 Å². The molecule has 142 valence electrons. The lowest BCUT2D eigenvalue weighted by Crippen LogP contribution is -2.24. The van der Waals surface area contributed by atoms with E-state index in [9.17, 15) is 10.2 Å². The fraction of sp³-hybridized carbons (Fsp3) is 0.421. The first-order valence-corrected chi connectivity index (χ1v) is 9.08. The molecule has 0 radical (unpaired) electrons. The highest BCUT2D eigenvalue weighted by Gasteiger charge is 2.35. The van der Waals surface area contributed by atoms with Gasteiger partial charge in [-0.05, 0) is 11.5 Å². The molecule has 2 aromatic heterocycles. The lowest BCUT2D eigenvalue weighted by Gasteiger charge is -2.15. The minimum Gasteiger partial charge on any atom is -0.394 e. The van der Waals surface area contributed by atoms with Crippen LogP contribution >= 0.6 is 0 Å². The van der Waals surface area contributed by atoms with Crippen LogP contribution in [0.25, 0.3) is 11.2 Å². The number of benzene rings is 1. The molecule has 1 aliphatic heterocycles. The third-order valence-corrected chi connectivity index (χ3v) is 5.00. The van der Waals surface area contributed by atoms with E-state index in [1.807, 2.05) is 18.2 Å². The van der Waals surface area contributed by atoms with Crippen molar-refractivity contribution in [2.24, 2.45) is 0 Å². The Morgan fingerprint density at radius 3 is 2.81 bits per heavy atom. The van der Waals surface area contributed by atoms with Crippen LogP contribution < -0.4 is 5.32 Å². The van der Waals surface area contributed by atoms with Crippen molar-refractivity contribution < 1.29 is 14.9 Å². The summed E-state index contributed by atoms with van der Waals surface area (Å²) in [6.07, 6.45) is 1.82. The van der Waals surface area contributed by atoms with Crippen LogP contribution in [0.15, 0.2) is 43.0 Å². The van der Waals surface area contributed by atoms with Crippen LogP contribution in [-0.2, 0) is 4.74 Å². The Hall–Kier alpha value is -2.55. The number of hydrogen-bond acceptors (Lipinski definition) is 7. The lowest BCUT2D eigenvalue weighted by atomic mass is 10.0. The number of fused-ring (bicyclic) bond motifs is 1. The summed E-state index contributed by atoms with van der Waals surface area (Å²) in [5.41, 5.74) is 2.54. The number of rotatable bonds is 6. The molecule has 1 saturated heterocycles. The van der Waals surface area contributed by atoms with Crippen LogP contribution in [0.4, 0.5) is 5.82 Å². The standard InChI is InChI=1S/C19H23N5O3/c1-12(13-5-3-2-4-6-13)8-20-18-17-19(22-10-21-18)24(11-23-17)16-7-14(26)15(9-25)27-16/h2-6,10-12,14-16,25-26H,7-9H2,1H3,(H,20,21,22)/t12?,14-,15+,16+/m0/s1. The van der Waals surface area contributed by atoms with Gasteiger partial charge in [0.25, 0.3) is 0 Å². The molecule has 1 unspecified atom stereocenters. The SMILES string of the molecule is CC(CNc1ncnc2c1ncn2[C@H]1C[C@H](O)[C@@H](CO)O1)c1ccccc1. The van der Waals surface area contributed by atoms with Gasteiger partial charge in [-0.2, -0.15) is 0 Å². The predicted octanol–water partition coefficient (Wildman–Crippen LogP) is 1.68. The summed E-state index contributed by atoms with van der Waals surface area (Å²) in [5.74, 6) is 0.982. The second kappa shape index (κ2) is 7.59. The molecular formula is C19H23N5O3. The molecule has 27 heavy (non-hydrogen) atoms. The molecule has 3 aromatic rings. The van der Waals surface area contributed by atoms with E-state index in [0.717, 1.165) is 0 Å². The number of aromatic nitrogens is 4. The van der Waals surface area contributed by atoms with Crippen molar-refractivity contribution in [2.45, 2.75) is 37.7 Å². The molecule has 4 atom stereocenters. The van der Waals surface area contributed by atoms with Crippen molar-refractivity contribution in [2.75, 3.05) is 18.5 Å². The molecule has 8 nitrogen and oxygen atoms in total. The lowest BCUT2D eigenvalue weighted by molar-refractivity contribution is -0.0432. The van der Waals surface area contributed by atoms with E-state index in [4.69, 9.17) is 4.74 Å². The van der Waals surface area contributed by atoms with Gasteiger partial charge >= 0.3 is 0 Å². The second-order valence-electron chi connectivity index (χ2n) is 6.85. The van der Waals surface area contributed by atoms with E-state index in [2.05, 4.69) is 39.3 Å². The van der Waals surface area contributed by atoms with Crippen LogP contribution in [-0.4, -0.2) is 55.1 Å². The largest absolute Gasteiger partial charge is 0.394 e. The van der Waals surface area contributed by atoms with Crippen molar-refractivity contribution in [3.8, 4) is 0 Å². The highest BCUT2D eigenvalue weighted by molar-refractivity contribution is 5.82. The Balaban J connectivity index is 1.53. The number of anilines is 1. The molecule has 3 heterocycles. The average molecular weight is 369 g/mol. The van der Waals surface area contributed by atoms with E-state index < -0.39 is 18.4 Å². The van der Waals surface area contributed by atoms with Gasteiger partial charge in [-0.25, -0.2) is 15.0 Å². The van der Waals surface area contributed by atoms with Crippen molar-refractivity contribution in [3.05, 3.63) is 48.5 Å². The molecule has 0 aliphatic carbocycles. The Labute approximate surface area is 156 Å². The van der Waals surface area contributed by atoms with Gasteiger partial charge in [0.1, 0.15) is 18.7 Å². The maximum atomic E-state index is 9.97. The van der Waals surface area contributed by atoms with Crippen LogP contribution in [0.3, 0.4) is 0 Å². The van der Waals surface area contributed by atoms with Gasteiger partial charge in [0.15, 0.2) is 17.0 Å². The molecule has 3 N–H and O–H groups in total. The molecule has 0 amide bonds. The normalized spacial score (nSPS) is 23.6. The molecule has 0 saturated carbocycles.